The Labute approximate surface area is 127 Å². The predicted octanol–water partition coefficient (Wildman–Crippen LogP) is 3.51. The lowest BCUT2D eigenvalue weighted by atomic mass is 10.0. The van der Waals surface area contributed by atoms with E-state index in [1.807, 2.05) is 12.1 Å². The topological polar surface area (TPSA) is 53.7 Å². The predicted molar refractivity (Wildman–Crippen MR) is 84.1 cm³/mol. The Bertz CT molecular complexity index is 460. The largest absolute Gasteiger partial charge is 0.493 e. The van der Waals surface area contributed by atoms with Gasteiger partial charge in [-0.05, 0) is 43.2 Å². The quantitative estimate of drug-likeness (QED) is 0.745. The van der Waals surface area contributed by atoms with Crippen LogP contribution in [0.15, 0.2) is 12.1 Å². The van der Waals surface area contributed by atoms with Gasteiger partial charge in [0.15, 0.2) is 11.5 Å². The van der Waals surface area contributed by atoms with E-state index in [1.165, 1.54) is 6.42 Å². The van der Waals surface area contributed by atoms with E-state index in [2.05, 4.69) is 20.8 Å². The molecular formula is C17H27NO3. The molecule has 2 N–H and O–H groups in total. The highest BCUT2D eigenvalue weighted by Crippen LogP contribution is 2.38. The molecule has 0 fully saturated rings. The number of fused-ring (bicyclic) bond motifs is 1. The molecule has 1 aromatic rings. The molecule has 0 saturated carbocycles. The lowest BCUT2D eigenvalue weighted by Crippen LogP contribution is -2.21. The van der Waals surface area contributed by atoms with Gasteiger partial charge in [-0.25, -0.2) is 0 Å². The summed E-state index contributed by atoms with van der Waals surface area (Å²) in [7, 11) is 0. The number of hydrogen-bond donors (Lipinski definition) is 1. The van der Waals surface area contributed by atoms with Gasteiger partial charge in [-0.15, -0.1) is 0 Å². The first-order chi connectivity index (χ1) is 10.1. The first kappa shape index (κ1) is 16.0. The molecule has 0 saturated heterocycles. The summed E-state index contributed by atoms with van der Waals surface area (Å²) >= 11 is 0. The normalized spacial score (nSPS) is 14.5. The molecule has 1 aliphatic rings. The maximum absolute atomic E-state index is 6.09. The van der Waals surface area contributed by atoms with Crippen LogP contribution >= 0.6 is 0 Å². The molecule has 0 aliphatic carbocycles. The number of ether oxygens (including phenoxy) is 3. The lowest BCUT2D eigenvalue weighted by molar-refractivity contribution is 0.173. The standard InChI is InChI=1S/C17H27NO3/c1-4-14(18)8-13-9-16-17(21-11-20-16)10-15(13)19-7-5-6-12(2)3/h9-10,12,14H,4-8,11,18H2,1-3H3. The Morgan fingerprint density at radius 2 is 1.95 bits per heavy atom. The van der Waals surface area contributed by atoms with Crippen LogP contribution < -0.4 is 19.9 Å². The molecule has 1 aromatic carbocycles. The Hall–Kier alpha value is -1.42. The summed E-state index contributed by atoms with van der Waals surface area (Å²) < 4.78 is 16.9. The molecular weight excluding hydrogens is 266 g/mol. The van der Waals surface area contributed by atoms with Crippen molar-refractivity contribution in [1.29, 1.82) is 0 Å². The first-order valence-electron chi connectivity index (χ1n) is 7.91. The van der Waals surface area contributed by atoms with Gasteiger partial charge in [-0.1, -0.05) is 20.8 Å². The van der Waals surface area contributed by atoms with Crippen LogP contribution in [0, 0.1) is 5.92 Å². The fourth-order valence-electron chi connectivity index (χ4n) is 2.36. The second-order valence-corrected chi connectivity index (χ2v) is 6.07. The van der Waals surface area contributed by atoms with E-state index in [0.717, 1.165) is 48.7 Å². The zero-order valence-corrected chi connectivity index (χ0v) is 13.4. The third kappa shape index (κ3) is 4.53. The minimum absolute atomic E-state index is 0.142. The van der Waals surface area contributed by atoms with Crippen molar-refractivity contribution in [3.8, 4) is 17.2 Å². The molecule has 118 valence electrons. The van der Waals surface area contributed by atoms with Crippen LogP contribution in [0.4, 0.5) is 0 Å². The van der Waals surface area contributed by atoms with E-state index < -0.39 is 0 Å². The molecule has 2 rings (SSSR count). The van der Waals surface area contributed by atoms with Gasteiger partial charge in [0.05, 0.1) is 6.61 Å². The number of nitrogens with two attached hydrogens (primary N) is 1. The highest BCUT2D eigenvalue weighted by Gasteiger charge is 2.19. The average Bonchev–Trinajstić information content (AvgIpc) is 2.90. The summed E-state index contributed by atoms with van der Waals surface area (Å²) in [6, 6.07) is 4.09. The van der Waals surface area contributed by atoms with Gasteiger partial charge in [0.2, 0.25) is 6.79 Å². The van der Waals surface area contributed by atoms with Gasteiger partial charge in [-0.3, -0.25) is 0 Å². The van der Waals surface area contributed by atoms with Crippen molar-refractivity contribution in [3.05, 3.63) is 17.7 Å². The van der Waals surface area contributed by atoms with Crippen LogP contribution in [0.1, 0.15) is 45.6 Å². The highest BCUT2D eigenvalue weighted by molar-refractivity contribution is 5.52. The molecule has 1 atom stereocenters. The Balaban J connectivity index is 2.05. The summed E-state index contributed by atoms with van der Waals surface area (Å²) in [5.74, 6) is 3.15. The maximum Gasteiger partial charge on any atom is 0.231 e. The summed E-state index contributed by atoms with van der Waals surface area (Å²) in [6.07, 6.45) is 3.98. The SMILES string of the molecule is CCC(N)Cc1cc2c(cc1OCCCC(C)C)OCO2. The van der Waals surface area contributed by atoms with Crippen LogP contribution in [-0.4, -0.2) is 19.4 Å². The molecule has 0 bridgehead atoms. The van der Waals surface area contributed by atoms with Gasteiger partial charge in [-0.2, -0.15) is 0 Å². The van der Waals surface area contributed by atoms with Crippen molar-refractivity contribution in [2.45, 2.75) is 52.5 Å². The average molecular weight is 293 g/mol. The Morgan fingerprint density at radius 3 is 2.62 bits per heavy atom. The van der Waals surface area contributed by atoms with Gasteiger partial charge in [0.1, 0.15) is 5.75 Å². The van der Waals surface area contributed by atoms with E-state index in [4.69, 9.17) is 19.9 Å². The summed E-state index contributed by atoms with van der Waals surface area (Å²) in [4.78, 5) is 0. The fourth-order valence-corrected chi connectivity index (χ4v) is 2.36. The minimum Gasteiger partial charge on any atom is -0.493 e. The summed E-state index contributed by atoms with van der Waals surface area (Å²) in [5, 5.41) is 0. The molecule has 1 unspecified atom stereocenters. The second-order valence-electron chi connectivity index (χ2n) is 6.07. The van der Waals surface area contributed by atoms with Crippen LogP contribution in [0.3, 0.4) is 0 Å². The van der Waals surface area contributed by atoms with Crippen molar-refractivity contribution < 1.29 is 14.2 Å². The van der Waals surface area contributed by atoms with Crippen molar-refractivity contribution in [1.82, 2.24) is 0 Å². The van der Waals surface area contributed by atoms with Crippen molar-refractivity contribution in [2.75, 3.05) is 13.4 Å². The highest BCUT2D eigenvalue weighted by atomic mass is 16.7. The van der Waals surface area contributed by atoms with Crippen LogP contribution in [0.5, 0.6) is 17.2 Å². The third-order valence-electron chi connectivity index (χ3n) is 3.75. The van der Waals surface area contributed by atoms with Gasteiger partial charge < -0.3 is 19.9 Å². The van der Waals surface area contributed by atoms with Gasteiger partial charge in [0, 0.05) is 12.1 Å². The van der Waals surface area contributed by atoms with E-state index in [9.17, 15) is 0 Å². The molecule has 4 heteroatoms. The van der Waals surface area contributed by atoms with E-state index >= 15 is 0 Å². The van der Waals surface area contributed by atoms with Crippen molar-refractivity contribution >= 4 is 0 Å². The molecule has 21 heavy (non-hydrogen) atoms. The number of rotatable bonds is 8. The monoisotopic (exact) mass is 293 g/mol. The maximum atomic E-state index is 6.09. The van der Waals surface area contributed by atoms with Crippen molar-refractivity contribution in [3.63, 3.8) is 0 Å². The second kappa shape index (κ2) is 7.55. The molecule has 0 amide bonds. The van der Waals surface area contributed by atoms with Gasteiger partial charge in [0.25, 0.3) is 0 Å². The zero-order valence-electron chi connectivity index (χ0n) is 13.4. The molecule has 0 radical (unpaired) electrons. The van der Waals surface area contributed by atoms with Crippen LogP contribution in [0.25, 0.3) is 0 Å². The van der Waals surface area contributed by atoms with Crippen molar-refractivity contribution in [2.24, 2.45) is 11.7 Å². The summed E-state index contributed by atoms with van der Waals surface area (Å²) in [6.45, 7) is 7.57. The fraction of sp³-hybridized carbons (Fsp3) is 0.647. The molecule has 0 aromatic heterocycles. The number of benzene rings is 1. The van der Waals surface area contributed by atoms with Crippen LogP contribution in [0.2, 0.25) is 0 Å². The molecule has 0 spiro atoms. The Kier molecular flexibility index (Phi) is 5.74. The van der Waals surface area contributed by atoms with Gasteiger partial charge >= 0.3 is 0 Å². The first-order valence-corrected chi connectivity index (χ1v) is 7.91. The van der Waals surface area contributed by atoms with E-state index in [1.54, 1.807) is 0 Å². The molecule has 4 nitrogen and oxygen atoms in total. The van der Waals surface area contributed by atoms with E-state index in [-0.39, 0.29) is 12.8 Å². The smallest absolute Gasteiger partial charge is 0.231 e. The molecule has 1 aliphatic heterocycles. The van der Waals surface area contributed by atoms with Crippen LogP contribution in [-0.2, 0) is 6.42 Å². The lowest BCUT2D eigenvalue weighted by Gasteiger charge is -2.15. The molecule has 1 heterocycles. The third-order valence-corrected chi connectivity index (χ3v) is 3.75. The minimum atomic E-state index is 0.142. The number of hydrogen-bond acceptors (Lipinski definition) is 4. The Morgan fingerprint density at radius 1 is 1.24 bits per heavy atom. The summed E-state index contributed by atoms with van der Waals surface area (Å²) in [5.41, 5.74) is 7.20. The van der Waals surface area contributed by atoms with E-state index in [0.29, 0.717) is 5.92 Å². The zero-order chi connectivity index (χ0) is 15.2.